The van der Waals surface area contributed by atoms with Gasteiger partial charge in [-0.2, -0.15) is 0 Å². The van der Waals surface area contributed by atoms with Crippen LogP contribution >= 0.6 is 15.9 Å². The van der Waals surface area contributed by atoms with Gasteiger partial charge < -0.3 is 0 Å². The maximum absolute atomic E-state index is 4.14. The minimum atomic E-state index is 0.571. The minimum Gasteiger partial charge on any atom is -0.218 e. The van der Waals surface area contributed by atoms with E-state index in [4.69, 9.17) is 0 Å². The molecule has 0 N–H and O–H groups in total. The van der Waals surface area contributed by atoms with Gasteiger partial charge in [0.15, 0.2) is 0 Å². The fraction of sp³-hybridized carbons (Fsp3) is 0.385. The van der Waals surface area contributed by atoms with Crippen molar-refractivity contribution >= 4 is 15.9 Å². The van der Waals surface area contributed by atoms with E-state index in [1.54, 1.807) is 0 Å². The van der Waals surface area contributed by atoms with Crippen molar-refractivity contribution in [3.63, 3.8) is 0 Å². The fourth-order valence-corrected chi connectivity index (χ4v) is 1.95. The van der Waals surface area contributed by atoms with Crippen molar-refractivity contribution in [1.82, 2.24) is 15.0 Å². The molecule has 1 unspecified atom stereocenters. The molecule has 2 rings (SSSR count). The van der Waals surface area contributed by atoms with Crippen LogP contribution in [-0.4, -0.2) is 19.8 Å². The molecule has 0 spiro atoms. The summed E-state index contributed by atoms with van der Waals surface area (Å²) in [5, 5.41) is 8.14. The largest absolute Gasteiger partial charge is 0.218 e. The van der Waals surface area contributed by atoms with Crippen LogP contribution in [0.15, 0.2) is 36.5 Å². The highest BCUT2D eigenvalue weighted by molar-refractivity contribution is 9.09. The lowest BCUT2D eigenvalue weighted by atomic mass is 10.1. The Morgan fingerprint density at radius 2 is 2.06 bits per heavy atom. The zero-order chi connectivity index (χ0) is 12.1. The lowest BCUT2D eigenvalue weighted by Gasteiger charge is -2.08. The normalized spacial score (nSPS) is 12.6. The van der Waals surface area contributed by atoms with Gasteiger partial charge in [-0.3, -0.25) is 0 Å². The van der Waals surface area contributed by atoms with E-state index in [-0.39, 0.29) is 0 Å². The van der Waals surface area contributed by atoms with E-state index >= 15 is 0 Å². The van der Waals surface area contributed by atoms with E-state index in [2.05, 4.69) is 33.2 Å². The molecule has 1 aromatic heterocycles. The third kappa shape index (κ3) is 3.16. The highest BCUT2D eigenvalue weighted by atomic mass is 79.9. The molecule has 1 aromatic carbocycles. The molecule has 3 nitrogen and oxygen atoms in total. The molecule has 0 amide bonds. The smallest absolute Gasteiger partial charge is 0.0729 e. The monoisotopic (exact) mass is 293 g/mol. The molecule has 17 heavy (non-hydrogen) atoms. The summed E-state index contributed by atoms with van der Waals surface area (Å²) in [4.78, 5) is 0.571. The lowest BCUT2D eigenvalue weighted by Crippen LogP contribution is -2.05. The maximum atomic E-state index is 4.14. The quantitative estimate of drug-likeness (QED) is 0.792. The Kier molecular flexibility index (Phi) is 4.31. The Bertz CT molecular complexity index is 453. The molecule has 0 bridgehead atoms. The summed E-state index contributed by atoms with van der Waals surface area (Å²) >= 11 is 3.65. The number of aromatic nitrogens is 3. The second-order valence-electron chi connectivity index (χ2n) is 4.02. The first-order valence-corrected chi connectivity index (χ1v) is 6.82. The minimum absolute atomic E-state index is 0.571. The highest BCUT2D eigenvalue weighted by Gasteiger charge is 2.08. The van der Waals surface area contributed by atoms with Crippen LogP contribution in [0.2, 0.25) is 0 Å². The summed E-state index contributed by atoms with van der Waals surface area (Å²) in [7, 11) is 0. The Hall–Kier alpha value is -1.16. The van der Waals surface area contributed by atoms with Crippen LogP contribution in [0.25, 0.3) is 5.69 Å². The molecule has 0 radical (unpaired) electrons. The molecule has 90 valence electrons. The summed E-state index contributed by atoms with van der Waals surface area (Å²) < 4.78 is 1.91. The third-order valence-electron chi connectivity index (χ3n) is 2.78. The molecule has 2 aromatic rings. The van der Waals surface area contributed by atoms with Crippen molar-refractivity contribution in [1.29, 1.82) is 0 Å². The fourth-order valence-electron chi connectivity index (χ4n) is 1.72. The number of nitrogens with zero attached hydrogens (tertiary/aromatic N) is 3. The second kappa shape index (κ2) is 5.96. The predicted molar refractivity (Wildman–Crippen MR) is 72.7 cm³/mol. The SMILES string of the molecule is CCC(Br)CCc1cnnn1-c1ccccc1. The summed E-state index contributed by atoms with van der Waals surface area (Å²) in [6.07, 6.45) is 5.09. The van der Waals surface area contributed by atoms with Crippen molar-refractivity contribution < 1.29 is 0 Å². The molecule has 0 fully saturated rings. The van der Waals surface area contributed by atoms with Gasteiger partial charge in [0.25, 0.3) is 0 Å². The Morgan fingerprint density at radius 3 is 2.76 bits per heavy atom. The third-order valence-corrected chi connectivity index (χ3v) is 3.88. The molecule has 0 aliphatic heterocycles. The number of para-hydroxylation sites is 1. The van der Waals surface area contributed by atoms with Gasteiger partial charge in [-0.25, -0.2) is 4.68 Å². The zero-order valence-corrected chi connectivity index (χ0v) is 11.5. The van der Waals surface area contributed by atoms with Crippen molar-refractivity contribution in [2.75, 3.05) is 0 Å². The van der Waals surface area contributed by atoms with Crippen molar-refractivity contribution in [3.05, 3.63) is 42.2 Å². The van der Waals surface area contributed by atoms with Gasteiger partial charge in [-0.1, -0.05) is 46.3 Å². The van der Waals surface area contributed by atoms with Crippen LogP contribution in [0.4, 0.5) is 0 Å². The summed E-state index contributed by atoms with van der Waals surface area (Å²) in [6.45, 7) is 2.19. The number of benzene rings is 1. The first-order chi connectivity index (χ1) is 8.31. The van der Waals surface area contributed by atoms with Gasteiger partial charge in [0, 0.05) is 4.83 Å². The van der Waals surface area contributed by atoms with E-state index in [1.165, 1.54) is 0 Å². The van der Waals surface area contributed by atoms with Crippen LogP contribution in [-0.2, 0) is 6.42 Å². The predicted octanol–water partition coefficient (Wildman–Crippen LogP) is 3.37. The van der Waals surface area contributed by atoms with Crippen molar-refractivity contribution in [3.8, 4) is 5.69 Å². The van der Waals surface area contributed by atoms with E-state index in [9.17, 15) is 0 Å². The Balaban J connectivity index is 2.12. The van der Waals surface area contributed by atoms with E-state index in [0.29, 0.717) is 4.83 Å². The molecule has 4 heteroatoms. The molecule has 0 aliphatic carbocycles. The van der Waals surface area contributed by atoms with Gasteiger partial charge in [0.05, 0.1) is 17.6 Å². The van der Waals surface area contributed by atoms with Crippen LogP contribution in [0.3, 0.4) is 0 Å². The number of hydrogen-bond donors (Lipinski definition) is 0. The molecule has 0 saturated heterocycles. The molecular weight excluding hydrogens is 278 g/mol. The average molecular weight is 294 g/mol. The number of alkyl halides is 1. The van der Waals surface area contributed by atoms with Gasteiger partial charge in [0.1, 0.15) is 0 Å². The topological polar surface area (TPSA) is 30.7 Å². The molecule has 0 saturated carbocycles. The van der Waals surface area contributed by atoms with Crippen molar-refractivity contribution in [2.45, 2.75) is 31.0 Å². The lowest BCUT2D eigenvalue weighted by molar-refractivity contribution is 0.697. The van der Waals surface area contributed by atoms with E-state index < -0.39 is 0 Å². The van der Waals surface area contributed by atoms with Crippen LogP contribution in [0, 0.1) is 0 Å². The summed E-state index contributed by atoms with van der Waals surface area (Å²) in [6, 6.07) is 10.1. The second-order valence-corrected chi connectivity index (χ2v) is 5.31. The number of halogens is 1. The highest BCUT2D eigenvalue weighted by Crippen LogP contribution is 2.15. The number of aryl methyl sites for hydroxylation is 1. The molecular formula is C13H16BrN3. The van der Waals surface area contributed by atoms with Crippen LogP contribution < -0.4 is 0 Å². The zero-order valence-electron chi connectivity index (χ0n) is 9.88. The number of hydrogen-bond acceptors (Lipinski definition) is 2. The molecule has 1 heterocycles. The van der Waals surface area contributed by atoms with Gasteiger partial charge >= 0.3 is 0 Å². The first-order valence-electron chi connectivity index (χ1n) is 5.90. The molecule has 1 atom stereocenters. The Labute approximate surface area is 110 Å². The first kappa shape index (κ1) is 12.3. The van der Waals surface area contributed by atoms with Gasteiger partial charge in [0.2, 0.25) is 0 Å². The molecule has 0 aliphatic rings. The average Bonchev–Trinajstić information content (AvgIpc) is 2.85. The van der Waals surface area contributed by atoms with E-state index in [0.717, 1.165) is 30.6 Å². The van der Waals surface area contributed by atoms with Gasteiger partial charge in [-0.15, -0.1) is 5.10 Å². The standard InChI is InChI=1S/C13H16BrN3/c1-2-11(14)8-9-13-10-15-16-17(13)12-6-4-3-5-7-12/h3-7,10-11H,2,8-9H2,1H3. The van der Waals surface area contributed by atoms with Crippen LogP contribution in [0.1, 0.15) is 25.5 Å². The maximum Gasteiger partial charge on any atom is 0.0729 e. The van der Waals surface area contributed by atoms with Gasteiger partial charge in [-0.05, 0) is 31.4 Å². The van der Waals surface area contributed by atoms with Crippen molar-refractivity contribution in [2.24, 2.45) is 0 Å². The van der Waals surface area contributed by atoms with Crippen LogP contribution in [0.5, 0.6) is 0 Å². The summed E-state index contributed by atoms with van der Waals surface area (Å²) in [5.74, 6) is 0. The van der Waals surface area contributed by atoms with E-state index in [1.807, 2.05) is 41.2 Å². The Morgan fingerprint density at radius 1 is 1.29 bits per heavy atom. The number of rotatable bonds is 5. The summed E-state index contributed by atoms with van der Waals surface area (Å²) in [5.41, 5.74) is 2.23.